The summed E-state index contributed by atoms with van der Waals surface area (Å²) in [6.07, 6.45) is 0. The van der Waals surface area contributed by atoms with E-state index in [9.17, 15) is 0 Å². The predicted molar refractivity (Wildman–Crippen MR) is 229 cm³/mol. The molecule has 11 rings (SSSR count). The molecule has 53 heavy (non-hydrogen) atoms. The zero-order chi connectivity index (χ0) is 34.9. The van der Waals surface area contributed by atoms with Gasteiger partial charge in [-0.25, -0.2) is 0 Å². The molecule has 0 spiro atoms. The van der Waals surface area contributed by atoms with Gasteiger partial charge in [0.05, 0.1) is 22.4 Å². The molecule has 0 aliphatic heterocycles. The van der Waals surface area contributed by atoms with E-state index in [-0.39, 0.29) is 0 Å². The Bertz CT molecular complexity index is 3200. The molecule has 2 heterocycles. The van der Waals surface area contributed by atoms with Crippen molar-refractivity contribution < 1.29 is 0 Å². The van der Waals surface area contributed by atoms with Gasteiger partial charge in [-0.3, -0.25) is 0 Å². The third-order valence-electron chi connectivity index (χ3n) is 10.7. The zero-order valence-electron chi connectivity index (χ0n) is 28.8. The summed E-state index contributed by atoms with van der Waals surface area (Å²) in [4.78, 5) is 2.44. The number of aromatic nitrogens is 1. The quantitative estimate of drug-likeness (QED) is 0.174. The Morgan fingerprint density at radius 3 is 1.96 bits per heavy atom. The largest absolute Gasteiger partial charge is 0.309 e. The van der Waals surface area contributed by atoms with E-state index in [1.807, 2.05) is 11.3 Å². The molecular weight excluding hydrogens is 661 g/mol. The van der Waals surface area contributed by atoms with Crippen molar-refractivity contribution in [1.82, 2.24) is 4.57 Å². The number of hydrogen-bond acceptors (Lipinski definition) is 2. The molecule has 0 saturated carbocycles. The number of fused-ring (bicyclic) bond motifs is 8. The van der Waals surface area contributed by atoms with E-state index < -0.39 is 0 Å². The van der Waals surface area contributed by atoms with Gasteiger partial charge in [0.15, 0.2) is 0 Å². The summed E-state index contributed by atoms with van der Waals surface area (Å²) in [6, 6.07) is 71.1. The predicted octanol–water partition coefficient (Wildman–Crippen LogP) is 14.6. The van der Waals surface area contributed by atoms with Crippen molar-refractivity contribution in [1.29, 1.82) is 0 Å². The van der Waals surface area contributed by atoms with Crippen LogP contribution < -0.4 is 4.90 Å². The molecule has 0 radical (unpaired) electrons. The van der Waals surface area contributed by atoms with Crippen molar-refractivity contribution in [3.8, 4) is 16.8 Å². The first-order chi connectivity index (χ1) is 26.3. The van der Waals surface area contributed by atoms with E-state index >= 15 is 0 Å². The third kappa shape index (κ3) is 4.78. The topological polar surface area (TPSA) is 8.17 Å². The lowest BCUT2D eigenvalue weighted by molar-refractivity contribution is 1.19. The van der Waals surface area contributed by atoms with Gasteiger partial charge >= 0.3 is 0 Å². The van der Waals surface area contributed by atoms with Gasteiger partial charge in [-0.1, -0.05) is 140 Å². The van der Waals surface area contributed by atoms with Crippen LogP contribution >= 0.6 is 11.3 Å². The van der Waals surface area contributed by atoms with E-state index in [2.05, 4.69) is 204 Å². The number of benzene rings is 9. The summed E-state index contributed by atoms with van der Waals surface area (Å²) in [5.74, 6) is 0. The van der Waals surface area contributed by atoms with E-state index in [0.717, 1.165) is 17.1 Å². The average molecular weight is 693 g/mol. The van der Waals surface area contributed by atoms with E-state index in [0.29, 0.717) is 0 Å². The zero-order valence-corrected chi connectivity index (χ0v) is 29.6. The highest BCUT2D eigenvalue weighted by Crippen LogP contribution is 2.45. The Balaban J connectivity index is 1.15. The molecule has 0 fully saturated rings. The molecule has 11 aromatic rings. The summed E-state index contributed by atoms with van der Waals surface area (Å²) < 4.78 is 5.08. The molecule has 2 nitrogen and oxygen atoms in total. The molecular formula is C50H32N2S. The average Bonchev–Trinajstić information content (AvgIpc) is 3.76. The normalized spacial score (nSPS) is 11.8. The van der Waals surface area contributed by atoms with Crippen molar-refractivity contribution in [2.45, 2.75) is 0 Å². The van der Waals surface area contributed by atoms with Gasteiger partial charge in [-0.05, 0) is 76.3 Å². The Hall–Kier alpha value is -6.68. The number of anilines is 3. The lowest BCUT2D eigenvalue weighted by Gasteiger charge is -2.29. The fourth-order valence-corrected chi connectivity index (χ4v) is 9.45. The van der Waals surface area contributed by atoms with Crippen LogP contribution in [0.25, 0.3) is 80.3 Å². The van der Waals surface area contributed by atoms with Crippen LogP contribution in [0, 0.1) is 0 Å². The van der Waals surface area contributed by atoms with Crippen molar-refractivity contribution in [3.63, 3.8) is 0 Å². The van der Waals surface area contributed by atoms with E-state index in [1.165, 1.54) is 80.3 Å². The van der Waals surface area contributed by atoms with Gasteiger partial charge in [0.2, 0.25) is 0 Å². The first kappa shape index (κ1) is 30.0. The number of rotatable bonds is 5. The van der Waals surface area contributed by atoms with Crippen LogP contribution in [-0.4, -0.2) is 4.57 Å². The van der Waals surface area contributed by atoms with Gasteiger partial charge in [0.1, 0.15) is 0 Å². The molecule has 0 saturated heterocycles. The van der Waals surface area contributed by atoms with Gasteiger partial charge < -0.3 is 9.47 Å². The highest BCUT2D eigenvalue weighted by molar-refractivity contribution is 7.25. The minimum atomic E-state index is 1.12. The molecule has 2 aromatic heterocycles. The summed E-state index contributed by atoms with van der Waals surface area (Å²) in [6.45, 7) is 0. The number of hydrogen-bond donors (Lipinski definition) is 0. The van der Waals surface area contributed by atoms with Crippen LogP contribution in [-0.2, 0) is 0 Å². The van der Waals surface area contributed by atoms with Gasteiger partial charge in [0, 0.05) is 53.3 Å². The van der Waals surface area contributed by atoms with Crippen LogP contribution in [0.4, 0.5) is 17.1 Å². The monoisotopic (exact) mass is 692 g/mol. The first-order valence-corrected chi connectivity index (χ1v) is 18.9. The third-order valence-corrected chi connectivity index (χ3v) is 11.9. The molecule has 0 unspecified atom stereocenters. The standard InChI is InChI=1S/C50H32N2S/c1-2-14-35-30-37(26-24-33(35)12-1)51(46-22-11-15-34-13-3-4-16-39(34)46)45-20-8-5-17-40(45)36-25-28-42-41-18-6-9-21-47(41)52(48(42)31-36)38-27-29-44-43-19-7-10-23-49(43)53-50(44)32-38/h1-32H. The summed E-state index contributed by atoms with van der Waals surface area (Å²) in [5, 5.41) is 10.0. The molecule has 0 aliphatic carbocycles. The summed E-state index contributed by atoms with van der Waals surface area (Å²) in [7, 11) is 0. The van der Waals surface area contributed by atoms with Crippen LogP contribution in [0.5, 0.6) is 0 Å². The number of nitrogens with zero attached hydrogens (tertiary/aromatic N) is 2. The fraction of sp³-hybridized carbons (Fsp3) is 0. The molecule has 248 valence electrons. The molecule has 0 N–H and O–H groups in total. The Kier molecular flexibility index (Phi) is 6.76. The molecule has 3 heteroatoms. The lowest BCUT2D eigenvalue weighted by atomic mass is 9.99. The maximum absolute atomic E-state index is 2.45. The molecule has 0 atom stereocenters. The second kappa shape index (κ2) is 11.9. The van der Waals surface area contributed by atoms with Gasteiger partial charge in [-0.15, -0.1) is 11.3 Å². The van der Waals surface area contributed by atoms with Crippen molar-refractivity contribution >= 4 is 91.9 Å². The highest BCUT2D eigenvalue weighted by Gasteiger charge is 2.21. The Morgan fingerprint density at radius 2 is 1.04 bits per heavy atom. The molecule has 0 bridgehead atoms. The van der Waals surface area contributed by atoms with E-state index in [4.69, 9.17) is 0 Å². The van der Waals surface area contributed by atoms with Crippen LogP contribution in [0.1, 0.15) is 0 Å². The summed E-state index contributed by atoms with van der Waals surface area (Å²) in [5.41, 5.74) is 9.33. The van der Waals surface area contributed by atoms with Crippen molar-refractivity contribution in [2.75, 3.05) is 4.90 Å². The smallest absolute Gasteiger partial charge is 0.0547 e. The lowest BCUT2D eigenvalue weighted by Crippen LogP contribution is -2.11. The second-order valence-corrected chi connectivity index (χ2v) is 14.8. The van der Waals surface area contributed by atoms with Gasteiger partial charge in [-0.2, -0.15) is 0 Å². The summed E-state index contributed by atoms with van der Waals surface area (Å²) >= 11 is 1.87. The van der Waals surface area contributed by atoms with Crippen LogP contribution in [0.3, 0.4) is 0 Å². The number of para-hydroxylation sites is 2. The molecule has 9 aromatic carbocycles. The highest BCUT2D eigenvalue weighted by atomic mass is 32.1. The van der Waals surface area contributed by atoms with Crippen molar-refractivity contribution in [2.24, 2.45) is 0 Å². The number of thiophene rings is 1. The van der Waals surface area contributed by atoms with E-state index in [1.54, 1.807) is 0 Å². The maximum Gasteiger partial charge on any atom is 0.0547 e. The first-order valence-electron chi connectivity index (χ1n) is 18.1. The second-order valence-electron chi connectivity index (χ2n) is 13.7. The molecule has 0 aliphatic rings. The minimum Gasteiger partial charge on any atom is -0.309 e. The minimum absolute atomic E-state index is 1.12. The fourth-order valence-electron chi connectivity index (χ4n) is 8.31. The maximum atomic E-state index is 2.45. The van der Waals surface area contributed by atoms with Gasteiger partial charge in [0.25, 0.3) is 0 Å². The Morgan fingerprint density at radius 1 is 0.377 bits per heavy atom. The Labute approximate surface area is 311 Å². The molecule has 0 amide bonds. The van der Waals surface area contributed by atoms with Crippen LogP contribution in [0.2, 0.25) is 0 Å². The SMILES string of the molecule is c1ccc(N(c2ccc3ccccc3c2)c2cccc3ccccc23)c(-c2ccc3c4ccccc4n(-c4ccc5c(c4)sc4ccccc45)c3c2)c1. The van der Waals surface area contributed by atoms with Crippen molar-refractivity contribution in [3.05, 3.63) is 194 Å². The van der Waals surface area contributed by atoms with Crippen LogP contribution in [0.15, 0.2) is 194 Å².